The first kappa shape index (κ1) is 14.7. The molecule has 0 unspecified atom stereocenters. The summed E-state index contributed by atoms with van der Waals surface area (Å²) in [6.45, 7) is 1.12. The smallest absolute Gasteiger partial charge is 0.328 e. The van der Waals surface area contributed by atoms with E-state index < -0.39 is 5.97 Å². The summed E-state index contributed by atoms with van der Waals surface area (Å²) < 4.78 is 5.04. The number of aliphatic carboxylic acids is 1. The monoisotopic (exact) mass is 295 g/mol. The number of carboxylic acid groups (broad SMARTS) is 1. The van der Waals surface area contributed by atoms with Crippen LogP contribution >= 0.6 is 11.3 Å². The van der Waals surface area contributed by atoms with E-state index in [0.717, 1.165) is 23.8 Å². The lowest BCUT2D eigenvalue weighted by Crippen LogP contribution is -2.35. The third-order valence-electron chi connectivity index (χ3n) is 3.01. The van der Waals surface area contributed by atoms with Crippen molar-refractivity contribution in [1.82, 2.24) is 4.90 Å². The van der Waals surface area contributed by atoms with E-state index in [9.17, 15) is 9.59 Å². The molecule has 0 bridgehead atoms. The molecule has 1 aliphatic rings. The van der Waals surface area contributed by atoms with E-state index in [1.807, 2.05) is 4.90 Å². The summed E-state index contributed by atoms with van der Waals surface area (Å²) >= 11 is 1.31. The van der Waals surface area contributed by atoms with Crippen molar-refractivity contribution in [2.75, 3.05) is 20.3 Å². The Kier molecular flexibility index (Phi) is 4.92. The number of hydrogen-bond acceptors (Lipinski definition) is 4. The van der Waals surface area contributed by atoms with Crippen LogP contribution in [0.4, 0.5) is 0 Å². The summed E-state index contributed by atoms with van der Waals surface area (Å²) in [5, 5.41) is 8.59. The van der Waals surface area contributed by atoms with Gasteiger partial charge in [0.05, 0.1) is 11.5 Å². The van der Waals surface area contributed by atoms with Crippen molar-refractivity contribution in [1.29, 1.82) is 0 Å². The van der Waals surface area contributed by atoms with Gasteiger partial charge in [0.15, 0.2) is 0 Å². The molecule has 0 aromatic carbocycles. The Labute approximate surface area is 121 Å². The van der Waals surface area contributed by atoms with Crippen LogP contribution in [-0.2, 0) is 9.53 Å². The molecule has 1 saturated carbocycles. The number of ether oxygens (including phenoxy) is 1. The lowest BCUT2D eigenvalue weighted by atomic mass is 10.3. The number of carbonyl (C=O) groups excluding carboxylic acids is 1. The van der Waals surface area contributed by atoms with E-state index in [1.54, 1.807) is 19.2 Å². The number of carbonyl (C=O) groups is 2. The van der Waals surface area contributed by atoms with Crippen molar-refractivity contribution in [3.05, 3.63) is 28.0 Å². The summed E-state index contributed by atoms with van der Waals surface area (Å²) in [7, 11) is 1.62. The first-order chi connectivity index (χ1) is 9.61. The van der Waals surface area contributed by atoms with Crippen LogP contribution in [0.2, 0.25) is 0 Å². The number of thiophene rings is 1. The third kappa shape index (κ3) is 3.91. The molecule has 2 rings (SSSR count). The van der Waals surface area contributed by atoms with Crippen molar-refractivity contribution < 1.29 is 19.4 Å². The van der Waals surface area contributed by atoms with Gasteiger partial charge in [0.2, 0.25) is 0 Å². The standard InChI is InChI=1S/C14H17NO4S/c1-19-9-8-15(10-2-3-10)14(18)12-6-4-11(20-12)5-7-13(16)17/h4-7,10H,2-3,8-9H2,1H3,(H,16,17). The van der Waals surface area contributed by atoms with Gasteiger partial charge >= 0.3 is 5.97 Å². The van der Waals surface area contributed by atoms with Gasteiger partial charge in [-0.25, -0.2) is 4.79 Å². The predicted octanol–water partition coefficient (Wildman–Crippen LogP) is 2.10. The van der Waals surface area contributed by atoms with Crippen molar-refractivity contribution in [3.63, 3.8) is 0 Å². The molecule has 0 atom stereocenters. The molecule has 0 radical (unpaired) electrons. The van der Waals surface area contributed by atoms with Gasteiger partial charge in [0.1, 0.15) is 0 Å². The highest BCUT2D eigenvalue weighted by atomic mass is 32.1. The highest BCUT2D eigenvalue weighted by Gasteiger charge is 2.33. The zero-order chi connectivity index (χ0) is 14.5. The fourth-order valence-corrected chi connectivity index (χ4v) is 2.74. The molecule has 1 N–H and O–H groups in total. The first-order valence-electron chi connectivity index (χ1n) is 6.42. The highest BCUT2D eigenvalue weighted by Crippen LogP contribution is 2.29. The number of rotatable bonds is 7. The molecule has 6 heteroatoms. The van der Waals surface area contributed by atoms with Gasteiger partial charge in [-0.2, -0.15) is 0 Å². The maximum Gasteiger partial charge on any atom is 0.328 e. The van der Waals surface area contributed by atoms with Gasteiger partial charge in [-0.1, -0.05) is 0 Å². The Bertz CT molecular complexity index is 519. The number of amides is 1. The molecule has 5 nitrogen and oxygen atoms in total. The maximum absolute atomic E-state index is 12.4. The second kappa shape index (κ2) is 6.67. The first-order valence-corrected chi connectivity index (χ1v) is 7.24. The van der Waals surface area contributed by atoms with Crippen LogP contribution in [0.15, 0.2) is 18.2 Å². The molecule has 1 amide bonds. The summed E-state index contributed by atoms with van der Waals surface area (Å²) in [6.07, 6.45) is 4.67. The van der Waals surface area contributed by atoms with Gasteiger partial charge in [0, 0.05) is 30.6 Å². The zero-order valence-corrected chi connectivity index (χ0v) is 12.1. The van der Waals surface area contributed by atoms with Crippen molar-refractivity contribution in [2.24, 2.45) is 0 Å². The molecule has 1 aromatic heterocycles. The molecule has 0 saturated heterocycles. The fraction of sp³-hybridized carbons (Fsp3) is 0.429. The SMILES string of the molecule is COCCN(C(=O)c1ccc(C=CC(=O)O)s1)C1CC1. The molecule has 0 spiro atoms. The van der Waals surface area contributed by atoms with Crippen LogP contribution in [0.3, 0.4) is 0 Å². The molecular weight excluding hydrogens is 278 g/mol. The van der Waals surface area contributed by atoms with Gasteiger partial charge in [-0.3, -0.25) is 4.79 Å². The van der Waals surface area contributed by atoms with E-state index in [0.29, 0.717) is 24.1 Å². The topological polar surface area (TPSA) is 66.8 Å². The molecule has 20 heavy (non-hydrogen) atoms. The molecule has 1 heterocycles. The lowest BCUT2D eigenvalue weighted by Gasteiger charge is -2.21. The molecule has 0 aliphatic heterocycles. The van der Waals surface area contributed by atoms with Gasteiger partial charge in [-0.15, -0.1) is 11.3 Å². The number of hydrogen-bond donors (Lipinski definition) is 1. The van der Waals surface area contributed by atoms with Crippen LogP contribution in [0.1, 0.15) is 27.4 Å². The Balaban J connectivity index is 2.05. The maximum atomic E-state index is 12.4. The van der Waals surface area contributed by atoms with Crippen LogP contribution in [-0.4, -0.2) is 48.2 Å². The summed E-state index contributed by atoms with van der Waals surface area (Å²) in [6, 6.07) is 3.84. The molecule has 1 fully saturated rings. The lowest BCUT2D eigenvalue weighted by molar-refractivity contribution is -0.131. The summed E-state index contributed by atoms with van der Waals surface area (Å²) in [4.78, 5) is 26.1. The molecule has 108 valence electrons. The molecule has 1 aromatic rings. The van der Waals surface area contributed by atoms with E-state index in [4.69, 9.17) is 9.84 Å². The van der Waals surface area contributed by atoms with Crippen molar-refractivity contribution in [3.8, 4) is 0 Å². The Morgan fingerprint density at radius 1 is 1.50 bits per heavy atom. The van der Waals surface area contributed by atoms with E-state index >= 15 is 0 Å². The minimum absolute atomic E-state index is 0.00419. The molecule has 1 aliphatic carbocycles. The second-order valence-corrected chi connectivity index (χ2v) is 5.71. The zero-order valence-electron chi connectivity index (χ0n) is 11.2. The normalized spacial score (nSPS) is 14.7. The van der Waals surface area contributed by atoms with Crippen LogP contribution in [0, 0.1) is 0 Å². The minimum atomic E-state index is -0.994. The van der Waals surface area contributed by atoms with Gasteiger partial charge < -0.3 is 14.7 Å². The average Bonchev–Trinajstić information content (AvgIpc) is 3.14. The van der Waals surface area contributed by atoms with Crippen molar-refractivity contribution in [2.45, 2.75) is 18.9 Å². The van der Waals surface area contributed by atoms with E-state index in [1.165, 1.54) is 17.4 Å². The van der Waals surface area contributed by atoms with Gasteiger partial charge in [0.25, 0.3) is 5.91 Å². The quantitative estimate of drug-likeness (QED) is 0.782. The minimum Gasteiger partial charge on any atom is -0.478 e. The fourth-order valence-electron chi connectivity index (χ4n) is 1.88. The highest BCUT2D eigenvalue weighted by molar-refractivity contribution is 7.14. The summed E-state index contributed by atoms with van der Waals surface area (Å²) in [5.74, 6) is -0.990. The Hall–Kier alpha value is -1.66. The summed E-state index contributed by atoms with van der Waals surface area (Å²) in [5.41, 5.74) is 0. The van der Waals surface area contributed by atoms with Crippen molar-refractivity contribution >= 4 is 29.3 Å². The molecular formula is C14H17NO4S. The second-order valence-electron chi connectivity index (χ2n) is 4.60. The average molecular weight is 295 g/mol. The van der Waals surface area contributed by atoms with Crippen LogP contribution in [0.25, 0.3) is 6.08 Å². The largest absolute Gasteiger partial charge is 0.478 e. The van der Waals surface area contributed by atoms with E-state index in [-0.39, 0.29) is 5.91 Å². The third-order valence-corrected chi connectivity index (χ3v) is 4.05. The number of methoxy groups -OCH3 is 1. The van der Waals surface area contributed by atoms with E-state index in [2.05, 4.69) is 0 Å². The predicted molar refractivity (Wildman–Crippen MR) is 76.9 cm³/mol. The number of carboxylic acids is 1. The van der Waals surface area contributed by atoms with Crippen LogP contribution < -0.4 is 0 Å². The Morgan fingerprint density at radius 3 is 2.85 bits per heavy atom. The van der Waals surface area contributed by atoms with Crippen LogP contribution in [0.5, 0.6) is 0 Å². The Morgan fingerprint density at radius 2 is 2.25 bits per heavy atom. The van der Waals surface area contributed by atoms with Gasteiger partial charge in [-0.05, 0) is 31.1 Å². The number of nitrogens with zero attached hydrogens (tertiary/aromatic N) is 1.